The Kier molecular flexibility index (Phi) is 5.85. The van der Waals surface area contributed by atoms with Crippen LogP contribution in [0.25, 0.3) is 0 Å². The SMILES string of the molecule is Cc1cc(C)c(C(=O)OC(C)C(=O)Nc2cccc(Cl)c2C)c(C)c1. The van der Waals surface area contributed by atoms with Gasteiger partial charge in [0.1, 0.15) is 0 Å². The molecule has 2 aromatic rings. The number of carbonyl (C=O) groups excluding carboxylic acids is 2. The summed E-state index contributed by atoms with van der Waals surface area (Å²) in [5.41, 5.74) is 4.61. The van der Waals surface area contributed by atoms with Crippen molar-refractivity contribution in [2.24, 2.45) is 0 Å². The molecule has 0 saturated heterocycles. The summed E-state index contributed by atoms with van der Waals surface area (Å²) < 4.78 is 5.36. The maximum absolute atomic E-state index is 12.5. The van der Waals surface area contributed by atoms with E-state index in [0.717, 1.165) is 22.3 Å². The standard InChI is InChI=1S/C20H22ClNO3/c1-11-9-12(2)18(13(3)10-11)20(24)25-15(5)19(23)22-17-8-6-7-16(21)14(17)4/h6-10,15H,1-5H3,(H,22,23). The molecule has 0 aliphatic heterocycles. The van der Waals surface area contributed by atoms with Gasteiger partial charge in [-0.15, -0.1) is 0 Å². The molecule has 0 aromatic heterocycles. The van der Waals surface area contributed by atoms with Crippen LogP contribution in [-0.4, -0.2) is 18.0 Å². The molecule has 25 heavy (non-hydrogen) atoms. The fraction of sp³-hybridized carbons (Fsp3) is 0.300. The Morgan fingerprint density at radius 1 is 1.08 bits per heavy atom. The zero-order valence-electron chi connectivity index (χ0n) is 15.1. The molecular weight excluding hydrogens is 338 g/mol. The molecule has 1 atom stereocenters. The second-order valence-corrected chi connectivity index (χ2v) is 6.63. The van der Waals surface area contributed by atoms with Crippen molar-refractivity contribution in [1.82, 2.24) is 0 Å². The lowest BCUT2D eigenvalue weighted by atomic mass is 10.00. The smallest absolute Gasteiger partial charge is 0.339 e. The summed E-state index contributed by atoms with van der Waals surface area (Å²) in [5, 5.41) is 3.31. The Bertz CT molecular complexity index is 807. The number of carbonyl (C=O) groups is 2. The van der Waals surface area contributed by atoms with Gasteiger partial charge in [0.25, 0.3) is 5.91 Å². The fourth-order valence-electron chi connectivity index (χ4n) is 2.75. The average Bonchev–Trinajstić information content (AvgIpc) is 2.50. The van der Waals surface area contributed by atoms with Gasteiger partial charge in [-0.2, -0.15) is 0 Å². The molecule has 0 heterocycles. The fourth-order valence-corrected chi connectivity index (χ4v) is 2.93. The molecule has 1 amide bonds. The molecule has 0 aliphatic carbocycles. The third kappa shape index (κ3) is 4.40. The van der Waals surface area contributed by atoms with Gasteiger partial charge in [0, 0.05) is 10.7 Å². The number of aryl methyl sites for hydroxylation is 3. The molecule has 0 saturated carbocycles. The van der Waals surface area contributed by atoms with Crippen LogP contribution in [0.1, 0.15) is 39.5 Å². The van der Waals surface area contributed by atoms with Gasteiger partial charge >= 0.3 is 5.97 Å². The van der Waals surface area contributed by atoms with Crippen molar-refractivity contribution >= 4 is 29.2 Å². The number of hydrogen-bond donors (Lipinski definition) is 1. The van der Waals surface area contributed by atoms with Crippen molar-refractivity contribution in [3.8, 4) is 0 Å². The van der Waals surface area contributed by atoms with Crippen LogP contribution in [0.2, 0.25) is 5.02 Å². The first-order chi connectivity index (χ1) is 11.7. The highest BCUT2D eigenvalue weighted by molar-refractivity contribution is 6.31. The van der Waals surface area contributed by atoms with E-state index < -0.39 is 18.0 Å². The second-order valence-electron chi connectivity index (χ2n) is 6.22. The Morgan fingerprint density at radius 3 is 2.28 bits per heavy atom. The van der Waals surface area contributed by atoms with E-state index in [1.807, 2.05) is 39.8 Å². The van der Waals surface area contributed by atoms with Crippen molar-refractivity contribution in [3.05, 3.63) is 63.2 Å². The molecule has 0 radical (unpaired) electrons. The van der Waals surface area contributed by atoms with Gasteiger partial charge in [-0.25, -0.2) is 4.79 Å². The summed E-state index contributed by atoms with van der Waals surface area (Å²) >= 11 is 6.05. The minimum atomic E-state index is -0.925. The first-order valence-electron chi connectivity index (χ1n) is 8.05. The van der Waals surface area contributed by atoms with Gasteiger partial charge in [-0.05, 0) is 63.4 Å². The van der Waals surface area contributed by atoms with Crippen molar-refractivity contribution < 1.29 is 14.3 Å². The van der Waals surface area contributed by atoms with E-state index >= 15 is 0 Å². The van der Waals surface area contributed by atoms with Gasteiger partial charge in [0.05, 0.1) is 5.56 Å². The molecule has 2 rings (SSSR count). The Labute approximate surface area is 153 Å². The normalized spacial score (nSPS) is 11.8. The van der Waals surface area contributed by atoms with Gasteiger partial charge in [0.2, 0.25) is 0 Å². The predicted octanol–water partition coefficient (Wildman–Crippen LogP) is 4.76. The molecule has 0 fully saturated rings. The van der Waals surface area contributed by atoms with Crippen LogP contribution in [0.15, 0.2) is 30.3 Å². The number of hydrogen-bond acceptors (Lipinski definition) is 3. The van der Waals surface area contributed by atoms with E-state index in [1.54, 1.807) is 25.1 Å². The molecule has 0 aliphatic rings. The molecule has 5 heteroatoms. The number of nitrogens with one attached hydrogen (secondary N) is 1. The highest BCUT2D eigenvalue weighted by Crippen LogP contribution is 2.23. The number of amides is 1. The summed E-state index contributed by atoms with van der Waals surface area (Å²) in [6, 6.07) is 9.09. The minimum absolute atomic E-state index is 0.402. The average molecular weight is 360 g/mol. The molecule has 0 bridgehead atoms. The third-order valence-corrected chi connectivity index (χ3v) is 4.47. The van der Waals surface area contributed by atoms with E-state index in [2.05, 4.69) is 5.32 Å². The van der Waals surface area contributed by atoms with E-state index in [1.165, 1.54) is 0 Å². The van der Waals surface area contributed by atoms with Gasteiger partial charge < -0.3 is 10.1 Å². The zero-order valence-corrected chi connectivity index (χ0v) is 15.8. The van der Waals surface area contributed by atoms with Gasteiger partial charge in [0.15, 0.2) is 6.10 Å². The van der Waals surface area contributed by atoms with Gasteiger partial charge in [-0.3, -0.25) is 4.79 Å². The summed E-state index contributed by atoms with van der Waals surface area (Å²) in [5.74, 6) is -0.901. The number of benzene rings is 2. The van der Waals surface area contributed by atoms with Crippen LogP contribution < -0.4 is 5.32 Å². The maximum atomic E-state index is 12.5. The highest BCUT2D eigenvalue weighted by Gasteiger charge is 2.22. The second kappa shape index (κ2) is 7.70. The van der Waals surface area contributed by atoms with Gasteiger partial charge in [-0.1, -0.05) is 35.4 Å². The number of ether oxygens (including phenoxy) is 1. The first kappa shape index (κ1) is 19.0. The summed E-state index contributed by atoms with van der Waals surface area (Å²) in [6.45, 7) is 9.05. The van der Waals surface area contributed by atoms with Crippen molar-refractivity contribution in [1.29, 1.82) is 0 Å². The van der Waals surface area contributed by atoms with Crippen LogP contribution in [0.4, 0.5) is 5.69 Å². The van der Waals surface area contributed by atoms with Crippen LogP contribution >= 0.6 is 11.6 Å². The summed E-state index contributed by atoms with van der Waals surface area (Å²) in [6.07, 6.45) is -0.925. The molecular formula is C20H22ClNO3. The monoisotopic (exact) mass is 359 g/mol. The first-order valence-corrected chi connectivity index (χ1v) is 8.43. The molecule has 1 unspecified atom stereocenters. The Morgan fingerprint density at radius 2 is 1.68 bits per heavy atom. The molecule has 4 nitrogen and oxygen atoms in total. The highest BCUT2D eigenvalue weighted by atomic mass is 35.5. The number of halogens is 1. The largest absolute Gasteiger partial charge is 0.449 e. The number of rotatable bonds is 4. The van der Waals surface area contributed by atoms with Crippen LogP contribution in [0.3, 0.4) is 0 Å². The van der Waals surface area contributed by atoms with Crippen LogP contribution in [0, 0.1) is 27.7 Å². The van der Waals surface area contributed by atoms with Crippen LogP contribution in [-0.2, 0) is 9.53 Å². The van der Waals surface area contributed by atoms with Crippen molar-refractivity contribution in [3.63, 3.8) is 0 Å². The lowest BCUT2D eigenvalue weighted by Gasteiger charge is -2.17. The van der Waals surface area contributed by atoms with Crippen LogP contribution in [0.5, 0.6) is 0 Å². The quantitative estimate of drug-likeness (QED) is 0.801. The molecule has 2 aromatic carbocycles. The van der Waals surface area contributed by atoms with E-state index in [9.17, 15) is 9.59 Å². The molecule has 1 N–H and O–H groups in total. The molecule has 132 valence electrons. The van der Waals surface area contributed by atoms with E-state index in [4.69, 9.17) is 16.3 Å². The number of anilines is 1. The topological polar surface area (TPSA) is 55.4 Å². The summed E-state index contributed by atoms with van der Waals surface area (Å²) in [7, 11) is 0. The lowest BCUT2D eigenvalue weighted by Crippen LogP contribution is -2.30. The van der Waals surface area contributed by atoms with E-state index in [0.29, 0.717) is 16.3 Å². The minimum Gasteiger partial charge on any atom is -0.449 e. The lowest BCUT2D eigenvalue weighted by molar-refractivity contribution is -0.123. The van der Waals surface area contributed by atoms with E-state index in [-0.39, 0.29) is 0 Å². The Balaban J connectivity index is 2.11. The zero-order chi connectivity index (χ0) is 18.7. The van der Waals surface area contributed by atoms with Crippen molar-refractivity contribution in [2.75, 3.05) is 5.32 Å². The Hall–Kier alpha value is -2.33. The van der Waals surface area contributed by atoms with Crippen molar-refractivity contribution in [2.45, 2.75) is 40.7 Å². The summed E-state index contributed by atoms with van der Waals surface area (Å²) in [4.78, 5) is 24.8. The third-order valence-electron chi connectivity index (χ3n) is 4.06. The predicted molar refractivity (Wildman–Crippen MR) is 100 cm³/mol. The number of esters is 1. The maximum Gasteiger partial charge on any atom is 0.339 e. The molecule has 0 spiro atoms.